The van der Waals surface area contributed by atoms with Crippen molar-refractivity contribution in [3.63, 3.8) is 0 Å². The molecule has 29 heavy (non-hydrogen) atoms. The summed E-state index contributed by atoms with van der Waals surface area (Å²) in [5, 5.41) is 0. The average Bonchev–Trinajstić information content (AvgIpc) is 2.66. The Morgan fingerprint density at radius 2 is 1.17 bits per heavy atom. The number of rotatable bonds is 20. The van der Waals surface area contributed by atoms with Gasteiger partial charge in [0.2, 0.25) is 0 Å². The molecule has 0 amide bonds. The van der Waals surface area contributed by atoms with Crippen molar-refractivity contribution in [2.45, 2.75) is 124 Å². The molecule has 172 valence electrons. The molecule has 0 heterocycles. The molecular formula is C25H48O4. The average molecular weight is 413 g/mol. The van der Waals surface area contributed by atoms with Crippen LogP contribution in [-0.2, 0) is 19.1 Å². The maximum Gasteiger partial charge on any atom is 0.305 e. The molecule has 1 atom stereocenters. The van der Waals surface area contributed by atoms with Crippen molar-refractivity contribution in [1.82, 2.24) is 0 Å². The fraction of sp³-hybridized carbons (Fsp3) is 0.920. The lowest BCUT2D eigenvalue weighted by Gasteiger charge is -2.12. The summed E-state index contributed by atoms with van der Waals surface area (Å²) >= 11 is 0. The van der Waals surface area contributed by atoms with Crippen LogP contribution < -0.4 is 0 Å². The molecule has 0 N–H and O–H groups in total. The van der Waals surface area contributed by atoms with Crippen LogP contribution in [0.15, 0.2) is 0 Å². The van der Waals surface area contributed by atoms with Gasteiger partial charge in [-0.2, -0.15) is 0 Å². The van der Waals surface area contributed by atoms with E-state index in [1.54, 1.807) is 0 Å². The molecule has 0 fully saturated rings. The van der Waals surface area contributed by atoms with Crippen LogP contribution >= 0.6 is 0 Å². The van der Waals surface area contributed by atoms with Gasteiger partial charge in [0.1, 0.15) is 0 Å². The van der Waals surface area contributed by atoms with Crippen molar-refractivity contribution in [1.29, 1.82) is 0 Å². The number of unbranched alkanes of at least 4 members (excludes halogenated alkanes) is 7. The molecule has 0 aliphatic heterocycles. The summed E-state index contributed by atoms with van der Waals surface area (Å²) in [6.07, 6.45) is 15.2. The number of carbonyl (C=O) groups is 2. The smallest absolute Gasteiger partial charge is 0.305 e. The van der Waals surface area contributed by atoms with Gasteiger partial charge in [-0.05, 0) is 37.5 Å². The first-order valence-corrected chi connectivity index (χ1v) is 12.3. The van der Waals surface area contributed by atoms with Crippen molar-refractivity contribution in [3.05, 3.63) is 0 Å². The molecule has 0 aromatic heterocycles. The zero-order chi connectivity index (χ0) is 21.7. The van der Waals surface area contributed by atoms with Gasteiger partial charge in [-0.3, -0.25) is 9.59 Å². The largest absolute Gasteiger partial charge is 0.466 e. The highest BCUT2D eigenvalue weighted by atomic mass is 16.5. The van der Waals surface area contributed by atoms with Crippen LogP contribution in [0.2, 0.25) is 0 Å². The Hall–Kier alpha value is -1.06. The van der Waals surface area contributed by atoms with E-state index in [0.717, 1.165) is 44.4 Å². The van der Waals surface area contributed by atoms with E-state index >= 15 is 0 Å². The quantitative estimate of drug-likeness (QED) is 0.156. The highest BCUT2D eigenvalue weighted by molar-refractivity contribution is 5.69. The summed E-state index contributed by atoms with van der Waals surface area (Å²) in [4.78, 5) is 23.5. The van der Waals surface area contributed by atoms with Gasteiger partial charge in [0.15, 0.2) is 0 Å². The number of esters is 2. The summed E-state index contributed by atoms with van der Waals surface area (Å²) in [5.74, 6) is 1.17. The summed E-state index contributed by atoms with van der Waals surface area (Å²) in [6, 6.07) is 0. The van der Waals surface area contributed by atoms with Gasteiger partial charge in [0.25, 0.3) is 0 Å². The summed E-state index contributed by atoms with van der Waals surface area (Å²) in [6.45, 7) is 10.0. The first kappa shape index (κ1) is 27.9. The van der Waals surface area contributed by atoms with E-state index in [0.29, 0.717) is 32.0 Å². The molecule has 0 rings (SSSR count). The Labute approximate surface area is 180 Å². The van der Waals surface area contributed by atoms with E-state index in [2.05, 4.69) is 27.7 Å². The molecule has 0 radical (unpaired) electrons. The van der Waals surface area contributed by atoms with Gasteiger partial charge in [-0.1, -0.05) is 85.5 Å². The summed E-state index contributed by atoms with van der Waals surface area (Å²) in [7, 11) is 0. The van der Waals surface area contributed by atoms with Gasteiger partial charge in [-0.15, -0.1) is 0 Å². The normalized spacial score (nSPS) is 12.2. The molecule has 0 spiro atoms. The first-order chi connectivity index (χ1) is 14.0. The van der Waals surface area contributed by atoms with Crippen molar-refractivity contribution in [2.24, 2.45) is 11.8 Å². The maximum atomic E-state index is 11.8. The fourth-order valence-electron chi connectivity index (χ4n) is 3.32. The Kier molecular flexibility index (Phi) is 19.5. The first-order valence-electron chi connectivity index (χ1n) is 12.3. The molecule has 0 aliphatic rings. The third-order valence-electron chi connectivity index (χ3n) is 5.37. The van der Waals surface area contributed by atoms with Crippen molar-refractivity contribution < 1.29 is 19.1 Å². The number of ether oxygens (including phenoxy) is 2. The molecule has 0 saturated carbocycles. The lowest BCUT2D eigenvalue weighted by Crippen LogP contribution is -2.09. The van der Waals surface area contributed by atoms with E-state index in [1.165, 1.54) is 44.9 Å². The minimum absolute atomic E-state index is 0.104. The van der Waals surface area contributed by atoms with Crippen LogP contribution in [0.3, 0.4) is 0 Å². The SMILES string of the molecule is CCCCCCCCOC(=O)CCCCCC(=O)OCCC(C)CCCC(C)C. The maximum absolute atomic E-state index is 11.8. The molecule has 0 aromatic rings. The molecular weight excluding hydrogens is 364 g/mol. The van der Waals surface area contributed by atoms with Gasteiger partial charge in [0, 0.05) is 12.8 Å². The lowest BCUT2D eigenvalue weighted by molar-refractivity contribution is -0.144. The van der Waals surface area contributed by atoms with Gasteiger partial charge < -0.3 is 9.47 Å². The van der Waals surface area contributed by atoms with Crippen LogP contribution in [0.1, 0.15) is 124 Å². The molecule has 0 bridgehead atoms. The highest BCUT2D eigenvalue weighted by Gasteiger charge is 2.08. The third-order valence-corrected chi connectivity index (χ3v) is 5.37. The van der Waals surface area contributed by atoms with Crippen molar-refractivity contribution >= 4 is 11.9 Å². The minimum Gasteiger partial charge on any atom is -0.466 e. The summed E-state index contributed by atoms with van der Waals surface area (Å²) < 4.78 is 10.6. The van der Waals surface area contributed by atoms with Crippen LogP contribution in [-0.4, -0.2) is 25.2 Å². The van der Waals surface area contributed by atoms with E-state index in [9.17, 15) is 9.59 Å². The monoisotopic (exact) mass is 412 g/mol. The van der Waals surface area contributed by atoms with Crippen molar-refractivity contribution in [3.8, 4) is 0 Å². The van der Waals surface area contributed by atoms with Crippen LogP contribution in [0, 0.1) is 11.8 Å². The third kappa shape index (κ3) is 21.5. The molecule has 0 aliphatic carbocycles. The zero-order valence-corrected chi connectivity index (χ0v) is 19.8. The van der Waals surface area contributed by atoms with Gasteiger partial charge in [0.05, 0.1) is 13.2 Å². The Bertz CT molecular complexity index is 392. The fourth-order valence-corrected chi connectivity index (χ4v) is 3.32. The minimum atomic E-state index is -0.106. The van der Waals surface area contributed by atoms with Crippen LogP contribution in [0.5, 0.6) is 0 Å². The van der Waals surface area contributed by atoms with E-state index < -0.39 is 0 Å². The van der Waals surface area contributed by atoms with E-state index in [1.807, 2.05) is 0 Å². The summed E-state index contributed by atoms with van der Waals surface area (Å²) in [5.41, 5.74) is 0. The van der Waals surface area contributed by atoms with Gasteiger partial charge in [-0.25, -0.2) is 0 Å². The molecule has 0 saturated heterocycles. The standard InChI is InChI=1S/C25H48O4/c1-5-6-7-8-9-13-20-28-24(26)17-11-10-12-18-25(27)29-21-19-23(4)16-14-15-22(2)3/h22-23H,5-21H2,1-4H3. The van der Waals surface area contributed by atoms with Gasteiger partial charge >= 0.3 is 11.9 Å². The Balaban J connectivity index is 3.42. The topological polar surface area (TPSA) is 52.6 Å². The number of hydrogen-bond acceptors (Lipinski definition) is 4. The van der Waals surface area contributed by atoms with Crippen LogP contribution in [0.4, 0.5) is 0 Å². The predicted molar refractivity (Wildman–Crippen MR) is 121 cm³/mol. The zero-order valence-electron chi connectivity index (χ0n) is 19.8. The molecule has 4 heteroatoms. The molecule has 1 unspecified atom stereocenters. The Morgan fingerprint density at radius 1 is 0.621 bits per heavy atom. The Morgan fingerprint density at radius 3 is 1.79 bits per heavy atom. The van der Waals surface area contributed by atoms with Crippen molar-refractivity contribution in [2.75, 3.05) is 13.2 Å². The second-order valence-electron chi connectivity index (χ2n) is 8.99. The number of carbonyl (C=O) groups excluding carboxylic acids is 2. The second-order valence-corrected chi connectivity index (χ2v) is 8.99. The lowest BCUT2D eigenvalue weighted by atomic mass is 9.98. The van der Waals surface area contributed by atoms with E-state index in [-0.39, 0.29) is 11.9 Å². The second kappa shape index (κ2) is 20.2. The highest BCUT2D eigenvalue weighted by Crippen LogP contribution is 2.15. The number of hydrogen-bond donors (Lipinski definition) is 0. The molecule has 4 nitrogen and oxygen atoms in total. The van der Waals surface area contributed by atoms with Crippen LogP contribution in [0.25, 0.3) is 0 Å². The molecule has 0 aromatic carbocycles. The predicted octanol–water partition coefficient (Wildman–Crippen LogP) is 7.24. The van der Waals surface area contributed by atoms with E-state index in [4.69, 9.17) is 9.47 Å².